The molecule has 1 aliphatic rings. The van der Waals surface area contributed by atoms with Gasteiger partial charge in [0.1, 0.15) is 12.4 Å². The van der Waals surface area contributed by atoms with Crippen LogP contribution in [0.4, 0.5) is 0 Å². The second-order valence-corrected chi connectivity index (χ2v) is 5.18. The predicted octanol–water partition coefficient (Wildman–Crippen LogP) is 0.494. The van der Waals surface area contributed by atoms with Gasteiger partial charge in [-0.1, -0.05) is 18.2 Å². The Morgan fingerprint density at radius 1 is 1.45 bits per heavy atom. The van der Waals surface area contributed by atoms with E-state index in [1.54, 1.807) is 0 Å². The average molecular weight is 278 g/mol. The monoisotopic (exact) mass is 278 g/mol. The molecule has 1 heterocycles. The van der Waals surface area contributed by atoms with E-state index in [-0.39, 0.29) is 11.8 Å². The first-order valence-corrected chi connectivity index (χ1v) is 6.99. The summed E-state index contributed by atoms with van der Waals surface area (Å²) in [5.74, 6) is 0.352. The summed E-state index contributed by atoms with van der Waals surface area (Å²) in [4.78, 5) is 14.1. The van der Waals surface area contributed by atoms with Gasteiger partial charge in [-0.15, -0.1) is 0 Å². The normalized spacial score (nSPS) is 23.3. The number of nitrogens with zero attached hydrogens (tertiary/aromatic N) is 1. The van der Waals surface area contributed by atoms with E-state index in [9.17, 15) is 9.90 Å². The topological polar surface area (TPSA) is 61.8 Å². The Morgan fingerprint density at radius 2 is 2.20 bits per heavy atom. The standard InChI is InChI=1S/C15H22N2O3/c1-17-9-7-14(18)13(11-17)15(19)16-8-10-20-12-5-3-2-4-6-12/h2-6,13-14,18H,7-11H2,1H3,(H,16,19)/t13-,14-/m1/s1. The summed E-state index contributed by atoms with van der Waals surface area (Å²) in [7, 11) is 1.96. The number of benzene rings is 1. The molecule has 0 spiro atoms. The van der Waals surface area contributed by atoms with Crippen molar-refractivity contribution in [3.05, 3.63) is 30.3 Å². The number of aliphatic hydroxyl groups excluding tert-OH is 1. The Kier molecular flexibility index (Phi) is 5.38. The fourth-order valence-electron chi connectivity index (χ4n) is 2.35. The first-order chi connectivity index (χ1) is 9.66. The van der Waals surface area contributed by atoms with E-state index in [0.717, 1.165) is 12.3 Å². The first-order valence-electron chi connectivity index (χ1n) is 6.99. The van der Waals surface area contributed by atoms with Gasteiger partial charge in [0, 0.05) is 13.1 Å². The van der Waals surface area contributed by atoms with Crippen molar-refractivity contribution in [3.63, 3.8) is 0 Å². The van der Waals surface area contributed by atoms with E-state index in [1.165, 1.54) is 0 Å². The highest BCUT2D eigenvalue weighted by Crippen LogP contribution is 2.16. The van der Waals surface area contributed by atoms with Gasteiger partial charge in [-0.25, -0.2) is 0 Å². The number of carbonyl (C=O) groups excluding carboxylic acids is 1. The lowest BCUT2D eigenvalue weighted by atomic mass is 9.94. The zero-order valence-electron chi connectivity index (χ0n) is 11.8. The number of para-hydroxylation sites is 1. The highest BCUT2D eigenvalue weighted by Gasteiger charge is 2.31. The summed E-state index contributed by atoms with van der Waals surface area (Å²) in [6.07, 6.45) is 0.107. The van der Waals surface area contributed by atoms with Crippen molar-refractivity contribution in [2.24, 2.45) is 5.92 Å². The van der Waals surface area contributed by atoms with Gasteiger partial charge in [-0.2, -0.15) is 0 Å². The molecule has 0 bridgehead atoms. The molecular weight excluding hydrogens is 256 g/mol. The summed E-state index contributed by atoms with van der Waals surface area (Å²) in [5, 5.41) is 12.7. The Bertz CT molecular complexity index is 424. The summed E-state index contributed by atoms with van der Waals surface area (Å²) in [6, 6.07) is 9.49. The summed E-state index contributed by atoms with van der Waals surface area (Å²) in [5.41, 5.74) is 0. The van der Waals surface area contributed by atoms with Crippen molar-refractivity contribution in [1.29, 1.82) is 0 Å². The molecule has 1 aliphatic heterocycles. The zero-order chi connectivity index (χ0) is 14.4. The molecule has 0 aliphatic carbocycles. The van der Waals surface area contributed by atoms with E-state index >= 15 is 0 Å². The molecular formula is C15H22N2O3. The molecule has 2 rings (SSSR count). The van der Waals surface area contributed by atoms with E-state index in [1.807, 2.05) is 37.4 Å². The zero-order valence-corrected chi connectivity index (χ0v) is 11.8. The van der Waals surface area contributed by atoms with Crippen LogP contribution in [0.2, 0.25) is 0 Å². The van der Waals surface area contributed by atoms with Gasteiger partial charge in [0.2, 0.25) is 5.91 Å². The van der Waals surface area contributed by atoms with Gasteiger partial charge in [0.15, 0.2) is 0 Å². The summed E-state index contributed by atoms with van der Waals surface area (Å²) >= 11 is 0. The lowest BCUT2D eigenvalue weighted by molar-refractivity contribution is -0.131. The van der Waals surface area contributed by atoms with E-state index < -0.39 is 6.10 Å². The highest BCUT2D eigenvalue weighted by molar-refractivity contribution is 5.79. The number of carbonyl (C=O) groups is 1. The number of aliphatic hydroxyl groups is 1. The van der Waals surface area contributed by atoms with Gasteiger partial charge >= 0.3 is 0 Å². The average Bonchev–Trinajstić information content (AvgIpc) is 2.47. The molecule has 1 saturated heterocycles. The van der Waals surface area contributed by atoms with Crippen LogP contribution in [0, 0.1) is 5.92 Å². The molecule has 110 valence electrons. The second kappa shape index (κ2) is 7.26. The van der Waals surface area contributed by atoms with Crippen LogP contribution in [0.25, 0.3) is 0 Å². The quantitative estimate of drug-likeness (QED) is 0.770. The molecule has 5 heteroatoms. The number of amides is 1. The third-order valence-electron chi connectivity index (χ3n) is 3.53. The highest BCUT2D eigenvalue weighted by atomic mass is 16.5. The Hall–Kier alpha value is -1.59. The van der Waals surface area contributed by atoms with Crippen LogP contribution in [0.15, 0.2) is 30.3 Å². The SMILES string of the molecule is CN1CC[C@@H](O)[C@H](C(=O)NCCOc2ccccc2)C1. The van der Waals surface area contributed by atoms with Crippen molar-refractivity contribution < 1.29 is 14.6 Å². The molecule has 0 radical (unpaired) electrons. The third-order valence-corrected chi connectivity index (χ3v) is 3.53. The van der Waals surface area contributed by atoms with Crippen LogP contribution < -0.4 is 10.1 Å². The van der Waals surface area contributed by atoms with Crippen molar-refractivity contribution >= 4 is 5.91 Å². The number of likely N-dealkylation sites (tertiary alicyclic amines) is 1. The van der Waals surface area contributed by atoms with E-state index in [2.05, 4.69) is 10.2 Å². The summed E-state index contributed by atoms with van der Waals surface area (Å²) in [6.45, 7) is 2.31. The Balaban J connectivity index is 1.69. The maximum Gasteiger partial charge on any atom is 0.227 e. The molecule has 20 heavy (non-hydrogen) atoms. The number of piperidine rings is 1. The fourth-order valence-corrected chi connectivity index (χ4v) is 2.35. The third kappa shape index (κ3) is 4.21. The van der Waals surface area contributed by atoms with Gasteiger partial charge in [-0.3, -0.25) is 4.79 Å². The van der Waals surface area contributed by atoms with Crippen LogP contribution >= 0.6 is 0 Å². The molecule has 2 N–H and O–H groups in total. The van der Waals surface area contributed by atoms with Crippen molar-refractivity contribution in [2.75, 3.05) is 33.3 Å². The molecule has 2 atom stereocenters. The van der Waals surface area contributed by atoms with Gasteiger partial charge in [0.25, 0.3) is 0 Å². The second-order valence-electron chi connectivity index (χ2n) is 5.18. The predicted molar refractivity (Wildman–Crippen MR) is 76.6 cm³/mol. The molecule has 0 unspecified atom stereocenters. The minimum absolute atomic E-state index is 0.0966. The molecule has 1 aromatic carbocycles. The van der Waals surface area contributed by atoms with Gasteiger partial charge in [0.05, 0.1) is 18.6 Å². The van der Waals surface area contributed by atoms with Crippen LogP contribution in [0.1, 0.15) is 6.42 Å². The van der Waals surface area contributed by atoms with Crippen LogP contribution in [-0.2, 0) is 4.79 Å². The number of hydrogen-bond acceptors (Lipinski definition) is 4. The van der Waals surface area contributed by atoms with Crippen molar-refractivity contribution in [2.45, 2.75) is 12.5 Å². The fraction of sp³-hybridized carbons (Fsp3) is 0.533. The maximum atomic E-state index is 12.0. The lowest BCUT2D eigenvalue weighted by Gasteiger charge is -2.32. The smallest absolute Gasteiger partial charge is 0.227 e. The minimum atomic E-state index is -0.541. The molecule has 1 aromatic rings. The maximum absolute atomic E-state index is 12.0. The molecule has 1 fully saturated rings. The molecule has 5 nitrogen and oxygen atoms in total. The molecule has 1 amide bonds. The largest absolute Gasteiger partial charge is 0.492 e. The van der Waals surface area contributed by atoms with Crippen LogP contribution in [0.5, 0.6) is 5.75 Å². The minimum Gasteiger partial charge on any atom is -0.492 e. The molecule has 0 aromatic heterocycles. The Morgan fingerprint density at radius 3 is 2.95 bits per heavy atom. The first kappa shape index (κ1) is 14.8. The number of nitrogens with one attached hydrogen (secondary N) is 1. The van der Waals surface area contributed by atoms with E-state index in [4.69, 9.17) is 4.74 Å². The van der Waals surface area contributed by atoms with Crippen LogP contribution in [0.3, 0.4) is 0 Å². The molecule has 0 saturated carbocycles. The van der Waals surface area contributed by atoms with E-state index in [0.29, 0.717) is 26.1 Å². The lowest BCUT2D eigenvalue weighted by Crippen LogP contribution is -2.49. The number of hydrogen-bond donors (Lipinski definition) is 2. The Labute approximate surface area is 119 Å². The summed E-state index contributed by atoms with van der Waals surface area (Å²) < 4.78 is 5.50. The van der Waals surface area contributed by atoms with Crippen molar-refractivity contribution in [1.82, 2.24) is 10.2 Å². The van der Waals surface area contributed by atoms with Crippen LogP contribution in [-0.4, -0.2) is 55.3 Å². The number of rotatable bonds is 5. The van der Waals surface area contributed by atoms with Gasteiger partial charge < -0.3 is 20.1 Å². The van der Waals surface area contributed by atoms with Crippen molar-refractivity contribution in [3.8, 4) is 5.75 Å². The number of ether oxygens (including phenoxy) is 1. The van der Waals surface area contributed by atoms with Gasteiger partial charge in [-0.05, 0) is 25.6 Å².